The Morgan fingerprint density at radius 1 is 1.14 bits per heavy atom. The first-order chi connectivity index (χ1) is 10.1. The fourth-order valence-electron chi connectivity index (χ4n) is 2.40. The highest BCUT2D eigenvalue weighted by Crippen LogP contribution is 2.15. The van der Waals surface area contributed by atoms with Gasteiger partial charge in [0.05, 0.1) is 30.0 Å². The van der Waals surface area contributed by atoms with E-state index in [9.17, 15) is 13.9 Å². The number of fused-ring (bicyclic) bond motifs is 1. The maximum absolute atomic E-state index is 13.6. The smallest absolute Gasteiger partial charge is 0.126 e. The van der Waals surface area contributed by atoms with Crippen LogP contribution in [0, 0.1) is 11.6 Å². The van der Waals surface area contributed by atoms with Gasteiger partial charge in [-0.05, 0) is 35.9 Å². The summed E-state index contributed by atoms with van der Waals surface area (Å²) in [4.78, 5) is 4.23. The molecule has 5 heteroatoms. The van der Waals surface area contributed by atoms with Gasteiger partial charge in [0.15, 0.2) is 0 Å². The Labute approximate surface area is 120 Å². The first-order valence-corrected chi connectivity index (χ1v) is 6.65. The number of halogens is 2. The van der Waals surface area contributed by atoms with Gasteiger partial charge in [0.25, 0.3) is 0 Å². The molecule has 3 rings (SSSR count). The predicted octanol–water partition coefficient (Wildman–Crippen LogP) is 2.92. The van der Waals surface area contributed by atoms with Crippen LogP contribution in [0.1, 0.15) is 5.56 Å². The minimum Gasteiger partial charge on any atom is -0.391 e. The van der Waals surface area contributed by atoms with Crippen LogP contribution < -0.4 is 0 Å². The molecule has 0 saturated carbocycles. The van der Waals surface area contributed by atoms with Crippen molar-refractivity contribution >= 4 is 11.0 Å². The van der Waals surface area contributed by atoms with Crippen LogP contribution in [0.15, 0.2) is 48.8 Å². The second-order valence-electron chi connectivity index (χ2n) is 4.98. The predicted molar refractivity (Wildman–Crippen MR) is 75.8 cm³/mol. The van der Waals surface area contributed by atoms with Crippen LogP contribution in [-0.4, -0.2) is 20.8 Å². The Kier molecular flexibility index (Phi) is 3.66. The number of imidazole rings is 1. The average Bonchev–Trinajstić information content (AvgIpc) is 2.86. The molecule has 0 spiro atoms. The lowest BCUT2D eigenvalue weighted by Gasteiger charge is -2.13. The highest BCUT2D eigenvalue weighted by atomic mass is 19.1. The third-order valence-corrected chi connectivity index (χ3v) is 3.40. The lowest BCUT2D eigenvalue weighted by atomic mass is 10.1. The molecule has 0 aliphatic carbocycles. The Bertz CT molecular complexity index is 770. The highest BCUT2D eigenvalue weighted by molar-refractivity contribution is 5.74. The highest BCUT2D eigenvalue weighted by Gasteiger charge is 2.12. The normalized spacial score (nSPS) is 12.7. The molecule has 0 fully saturated rings. The Balaban J connectivity index is 1.77. The maximum atomic E-state index is 13.6. The van der Waals surface area contributed by atoms with Crippen LogP contribution in [0.25, 0.3) is 11.0 Å². The zero-order valence-electron chi connectivity index (χ0n) is 11.2. The first kappa shape index (κ1) is 13.7. The fourth-order valence-corrected chi connectivity index (χ4v) is 2.40. The standard InChI is InChI=1S/C16H14F2N2O/c17-12-5-6-14(18)11(7-12)8-13(21)9-20-10-19-15-3-1-2-4-16(15)20/h1-7,10,13,21H,8-9H2. The molecule has 1 aromatic heterocycles. The summed E-state index contributed by atoms with van der Waals surface area (Å²) in [5.74, 6) is -1.02. The molecule has 0 radical (unpaired) electrons. The Hall–Kier alpha value is -2.27. The molecule has 1 unspecified atom stereocenters. The van der Waals surface area contributed by atoms with E-state index in [-0.39, 0.29) is 18.5 Å². The van der Waals surface area contributed by atoms with Crippen molar-refractivity contribution in [3.05, 3.63) is 66.0 Å². The number of nitrogens with zero attached hydrogens (tertiary/aromatic N) is 2. The van der Waals surface area contributed by atoms with Gasteiger partial charge in [0.1, 0.15) is 11.6 Å². The molecule has 0 aliphatic rings. The fraction of sp³-hybridized carbons (Fsp3) is 0.188. The number of para-hydroxylation sites is 2. The van der Waals surface area contributed by atoms with Gasteiger partial charge in [-0.15, -0.1) is 0 Å². The molecule has 0 bridgehead atoms. The van der Waals surface area contributed by atoms with Crippen molar-refractivity contribution in [1.82, 2.24) is 9.55 Å². The van der Waals surface area contributed by atoms with E-state index in [1.807, 2.05) is 24.3 Å². The first-order valence-electron chi connectivity index (χ1n) is 6.65. The van der Waals surface area contributed by atoms with Crippen molar-refractivity contribution in [1.29, 1.82) is 0 Å². The van der Waals surface area contributed by atoms with E-state index in [1.165, 1.54) is 0 Å². The van der Waals surface area contributed by atoms with E-state index in [0.717, 1.165) is 29.2 Å². The van der Waals surface area contributed by atoms with Crippen LogP contribution in [-0.2, 0) is 13.0 Å². The monoisotopic (exact) mass is 288 g/mol. The topological polar surface area (TPSA) is 38.0 Å². The number of hydrogen-bond acceptors (Lipinski definition) is 2. The SMILES string of the molecule is OC(Cc1cc(F)ccc1F)Cn1cnc2ccccc21. The third kappa shape index (κ3) is 2.92. The summed E-state index contributed by atoms with van der Waals surface area (Å²) in [5.41, 5.74) is 1.91. The van der Waals surface area contributed by atoms with Crippen molar-refractivity contribution in [2.45, 2.75) is 19.1 Å². The number of aliphatic hydroxyl groups excluding tert-OH is 1. The van der Waals surface area contributed by atoms with Crippen molar-refractivity contribution < 1.29 is 13.9 Å². The maximum Gasteiger partial charge on any atom is 0.126 e. The molecule has 0 aliphatic heterocycles. The van der Waals surface area contributed by atoms with Crippen molar-refractivity contribution in [3.8, 4) is 0 Å². The molecule has 1 N–H and O–H groups in total. The number of benzene rings is 2. The third-order valence-electron chi connectivity index (χ3n) is 3.40. The van der Waals surface area contributed by atoms with Gasteiger partial charge in [-0.2, -0.15) is 0 Å². The molecule has 2 aromatic carbocycles. The van der Waals surface area contributed by atoms with Gasteiger partial charge < -0.3 is 9.67 Å². The van der Waals surface area contributed by atoms with Crippen molar-refractivity contribution in [3.63, 3.8) is 0 Å². The van der Waals surface area contributed by atoms with Gasteiger partial charge in [-0.25, -0.2) is 13.8 Å². The van der Waals surface area contributed by atoms with Gasteiger partial charge in [0.2, 0.25) is 0 Å². The number of hydrogen-bond donors (Lipinski definition) is 1. The van der Waals surface area contributed by atoms with E-state index in [0.29, 0.717) is 0 Å². The number of aromatic nitrogens is 2. The second-order valence-corrected chi connectivity index (χ2v) is 4.98. The van der Waals surface area contributed by atoms with Gasteiger partial charge >= 0.3 is 0 Å². The van der Waals surface area contributed by atoms with Crippen LogP contribution in [0.5, 0.6) is 0 Å². The van der Waals surface area contributed by atoms with Gasteiger partial charge in [-0.3, -0.25) is 0 Å². The quantitative estimate of drug-likeness (QED) is 0.801. The summed E-state index contributed by atoms with van der Waals surface area (Å²) in [6.07, 6.45) is 0.866. The largest absolute Gasteiger partial charge is 0.391 e. The molecule has 21 heavy (non-hydrogen) atoms. The zero-order valence-corrected chi connectivity index (χ0v) is 11.2. The lowest BCUT2D eigenvalue weighted by Crippen LogP contribution is -2.19. The van der Waals surface area contributed by atoms with Crippen LogP contribution in [0.2, 0.25) is 0 Å². The summed E-state index contributed by atoms with van der Waals surface area (Å²) in [7, 11) is 0. The van der Waals surface area contributed by atoms with E-state index in [2.05, 4.69) is 4.98 Å². The molecule has 3 aromatic rings. The molecule has 1 heterocycles. The van der Waals surface area contributed by atoms with Crippen LogP contribution in [0.4, 0.5) is 8.78 Å². The molecule has 3 nitrogen and oxygen atoms in total. The number of aliphatic hydroxyl groups is 1. The summed E-state index contributed by atoms with van der Waals surface area (Å²) in [6, 6.07) is 10.8. The van der Waals surface area contributed by atoms with Crippen molar-refractivity contribution in [2.75, 3.05) is 0 Å². The number of rotatable bonds is 4. The van der Waals surface area contributed by atoms with E-state index in [1.54, 1.807) is 10.9 Å². The van der Waals surface area contributed by atoms with E-state index < -0.39 is 17.7 Å². The Morgan fingerprint density at radius 2 is 1.95 bits per heavy atom. The Morgan fingerprint density at radius 3 is 2.81 bits per heavy atom. The van der Waals surface area contributed by atoms with Gasteiger partial charge in [0, 0.05) is 6.42 Å². The minimum absolute atomic E-state index is 0.0517. The second kappa shape index (κ2) is 5.61. The minimum atomic E-state index is -0.820. The molecule has 0 saturated heterocycles. The summed E-state index contributed by atoms with van der Waals surface area (Å²) < 4.78 is 28.5. The summed E-state index contributed by atoms with van der Waals surface area (Å²) >= 11 is 0. The lowest BCUT2D eigenvalue weighted by molar-refractivity contribution is 0.154. The molecule has 0 amide bonds. The molecule has 108 valence electrons. The molecular formula is C16H14F2N2O. The summed E-state index contributed by atoms with van der Waals surface area (Å²) in [6.45, 7) is 0.274. The van der Waals surface area contributed by atoms with E-state index >= 15 is 0 Å². The average molecular weight is 288 g/mol. The zero-order chi connectivity index (χ0) is 14.8. The van der Waals surface area contributed by atoms with Crippen LogP contribution >= 0.6 is 0 Å². The van der Waals surface area contributed by atoms with E-state index in [4.69, 9.17) is 0 Å². The summed E-state index contributed by atoms with van der Waals surface area (Å²) in [5, 5.41) is 10.1. The molecule has 1 atom stereocenters. The van der Waals surface area contributed by atoms with Gasteiger partial charge in [-0.1, -0.05) is 12.1 Å². The molecular weight excluding hydrogens is 274 g/mol. The van der Waals surface area contributed by atoms with Crippen LogP contribution in [0.3, 0.4) is 0 Å². The van der Waals surface area contributed by atoms with Crippen molar-refractivity contribution in [2.24, 2.45) is 0 Å².